The maximum atomic E-state index is 15.6. The largest absolute Gasteiger partial charge is 0.490 e. The van der Waals surface area contributed by atoms with E-state index in [2.05, 4.69) is 42.3 Å². The molecule has 5 aromatic rings. The zero-order valence-electron chi connectivity index (χ0n) is 29.4. The highest BCUT2D eigenvalue weighted by Crippen LogP contribution is 2.45. The topological polar surface area (TPSA) is 133 Å². The molecule has 0 atom stereocenters. The SMILES string of the molecule is Cc1noc(CCc2ccc(-c3cccc(C)c3C)c(N(C(=O)O)c3ccncn3)c2Nc2ccc(OCCCN3CCN(C)CC3)c(F)c2)n1. The molecule has 266 valence electrons. The van der Waals surface area contributed by atoms with Crippen LogP contribution in [0.2, 0.25) is 0 Å². The third-order valence-corrected chi connectivity index (χ3v) is 9.22. The second-order valence-corrected chi connectivity index (χ2v) is 12.8. The number of benzene rings is 3. The predicted octanol–water partition coefficient (Wildman–Crippen LogP) is 6.95. The highest BCUT2D eigenvalue weighted by Gasteiger charge is 2.28. The van der Waals surface area contributed by atoms with Crippen molar-refractivity contribution >= 4 is 29.0 Å². The zero-order valence-corrected chi connectivity index (χ0v) is 29.4. The van der Waals surface area contributed by atoms with Crippen LogP contribution in [0.25, 0.3) is 11.1 Å². The van der Waals surface area contributed by atoms with Crippen LogP contribution in [-0.4, -0.2) is 87.5 Å². The van der Waals surface area contributed by atoms with Crippen LogP contribution in [0.4, 0.5) is 32.1 Å². The number of rotatable bonds is 13. The number of aromatic nitrogens is 4. The van der Waals surface area contributed by atoms with E-state index in [1.165, 1.54) is 24.7 Å². The van der Waals surface area contributed by atoms with Crippen LogP contribution in [0.1, 0.15) is 34.8 Å². The van der Waals surface area contributed by atoms with Gasteiger partial charge in [-0.25, -0.2) is 24.1 Å². The molecule has 0 unspecified atom stereocenters. The van der Waals surface area contributed by atoms with Gasteiger partial charge in [0.25, 0.3) is 0 Å². The first-order valence-corrected chi connectivity index (χ1v) is 17.1. The van der Waals surface area contributed by atoms with Crippen molar-refractivity contribution in [3.63, 3.8) is 0 Å². The predicted molar refractivity (Wildman–Crippen MR) is 194 cm³/mol. The van der Waals surface area contributed by atoms with Gasteiger partial charge in [0.15, 0.2) is 17.4 Å². The fourth-order valence-corrected chi connectivity index (χ4v) is 6.26. The van der Waals surface area contributed by atoms with E-state index in [-0.39, 0.29) is 11.6 Å². The van der Waals surface area contributed by atoms with Crippen LogP contribution >= 0.6 is 0 Å². The lowest BCUT2D eigenvalue weighted by Crippen LogP contribution is -2.44. The lowest BCUT2D eigenvalue weighted by Gasteiger charge is -2.32. The lowest BCUT2D eigenvalue weighted by molar-refractivity contribution is 0.145. The smallest absolute Gasteiger partial charge is 0.417 e. The summed E-state index contributed by atoms with van der Waals surface area (Å²) in [6, 6.07) is 16.0. The number of likely N-dealkylation sites (N-methyl/N-ethyl adjacent to an activating group) is 1. The number of nitrogens with one attached hydrogen (secondary N) is 1. The fraction of sp³-hybridized carbons (Fsp3) is 0.342. The van der Waals surface area contributed by atoms with Gasteiger partial charge >= 0.3 is 6.09 Å². The summed E-state index contributed by atoms with van der Waals surface area (Å²) in [5.41, 5.74) is 5.50. The van der Waals surface area contributed by atoms with Crippen LogP contribution in [0, 0.1) is 26.6 Å². The number of hydrogen-bond acceptors (Lipinski definition) is 10. The fourth-order valence-electron chi connectivity index (χ4n) is 6.26. The molecule has 2 N–H and O–H groups in total. The molecule has 6 rings (SSSR count). The monoisotopic (exact) mass is 694 g/mol. The maximum absolute atomic E-state index is 15.6. The third kappa shape index (κ3) is 8.50. The lowest BCUT2D eigenvalue weighted by atomic mass is 9.92. The number of carboxylic acid groups (broad SMARTS) is 1. The van der Waals surface area contributed by atoms with Gasteiger partial charge in [0, 0.05) is 62.7 Å². The quantitative estimate of drug-likeness (QED) is 0.124. The molecule has 13 heteroatoms. The van der Waals surface area contributed by atoms with Crippen molar-refractivity contribution in [2.75, 3.05) is 56.6 Å². The normalized spacial score (nSPS) is 13.7. The molecule has 3 aromatic carbocycles. The summed E-state index contributed by atoms with van der Waals surface area (Å²) >= 11 is 0. The number of anilines is 4. The highest BCUT2D eigenvalue weighted by atomic mass is 19.1. The molecule has 1 saturated heterocycles. The molecule has 0 bridgehead atoms. The molecule has 0 aliphatic carbocycles. The van der Waals surface area contributed by atoms with Crippen LogP contribution < -0.4 is 15.0 Å². The summed E-state index contributed by atoms with van der Waals surface area (Å²) in [4.78, 5) is 31.7. The molecular formula is C38H43FN8O4. The van der Waals surface area contributed by atoms with Crippen molar-refractivity contribution in [3.8, 4) is 16.9 Å². The number of piperazine rings is 1. The van der Waals surface area contributed by atoms with Crippen LogP contribution in [-0.2, 0) is 12.8 Å². The molecule has 1 amide bonds. The first-order chi connectivity index (χ1) is 24.7. The molecule has 0 radical (unpaired) electrons. The van der Waals surface area contributed by atoms with Gasteiger partial charge in [-0.3, -0.25) is 0 Å². The van der Waals surface area contributed by atoms with Crippen molar-refractivity contribution in [3.05, 3.63) is 101 Å². The van der Waals surface area contributed by atoms with E-state index in [0.29, 0.717) is 53.8 Å². The second-order valence-electron chi connectivity index (χ2n) is 12.8. The van der Waals surface area contributed by atoms with Crippen LogP contribution in [0.3, 0.4) is 0 Å². The third-order valence-electron chi connectivity index (χ3n) is 9.22. The van der Waals surface area contributed by atoms with E-state index < -0.39 is 11.9 Å². The molecule has 1 aliphatic heterocycles. The second kappa shape index (κ2) is 16.1. The summed E-state index contributed by atoms with van der Waals surface area (Å²) < 4.78 is 26.9. The van der Waals surface area contributed by atoms with Crippen LogP contribution in [0.15, 0.2) is 71.6 Å². The van der Waals surface area contributed by atoms with E-state index in [0.717, 1.165) is 66.3 Å². The number of halogens is 1. The summed E-state index contributed by atoms with van der Waals surface area (Å²) in [6.07, 6.45) is 3.14. The summed E-state index contributed by atoms with van der Waals surface area (Å²) in [5.74, 6) is 0.754. The zero-order chi connectivity index (χ0) is 35.9. The minimum atomic E-state index is -1.25. The summed E-state index contributed by atoms with van der Waals surface area (Å²) in [5, 5.41) is 18.1. The molecule has 3 heterocycles. The van der Waals surface area contributed by atoms with E-state index in [1.54, 1.807) is 19.1 Å². The Hall–Kier alpha value is -5.40. The molecule has 0 spiro atoms. The number of nitrogens with zero attached hydrogens (tertiary/aromatic N) is 7. The number of amides is 1. The van der Waals surface area contributed by atoms with E-state index in [9.17, 15) is 9.90 Å². The van der Waals surface area contributed by atoms with Crippen molar-refractivity contribution in [1.29, 1.82) is 0 Å². The Balaban J connectivity index is 1.38. The Morgan fingerprint density at radius 2 is 1.86 bits per heavy atom. The molecule has 12 nitrogen and oxygen atoms in total. The van der Waals surface area contributed by atoms with Crippen molar-refractivity contribution in [2.45, 2.75) is 40.0 Å². The number of carbonyl (C=O) groups is 1. The number of hydrogen-bond donors (Lipinski definition) is 2. The van der Waals surface area contributed by atoms with Gasteiger partial charge in [0.1, 0.15) is 12.1 Å². The standard InChI is InChI=1S/C38H43FN8O4/c1-25-7-5-8-30(26(25)2)31-12-9-28(10-14-35-42-27(3)44-51-35)36(37(31)47(38(48)49)34-15-16-40-24-41-34)43-29-11-13-33(32(39)23-29)50-22-6-17-46-20-18-45(4)19-21-46/h5,7-9,11-13,15-16,23-24,43H,6,10,14,17-22H2,1-4H3,(H,48,49). The van der Waals surface area contributed by atoms with Gasteiger partial charge in [0.05, 0.1) is 18.0 Å². The molecule has 1 fully saturated rings. The summed E-state index contributed by atoms with van der Waals surface area (Å²) in [7, 11) is 2.13. The molecule has 2 aromatic heterocycles. The van der Waals surface area contributed by atoms with Gasteiger partial charge < -0.3 is 29.5 Å². The Morgan fingerprint density at radius 3 is 2.57 bits per heavy atom. The number of ether oxygens (including phenoxy) is 1. The average Bonchev–Trinajstić information content (AvgIpc) is 3.54. The maximum Gasteiger partial charge on any atom is 0.417 e. The Labute approximate surface area is 296 Å². The van der Waals surface area contributed by atoms with Gasteiger partial charge in [-0.1, -0.05) is 35.5 Å². The molecule has 51 heavy (non-hydrogen) atoms. The van der Waals surface area contributed by atoms with Crippen molar-refractivity contribution in [1.82, 2.24) is 29.9 Å². The molecule has 1 aliphatic rings. The number of aryl methyl sites for hydroxylation is 4. The molecular weight excluding hydrogens is 651 g/mol. The first kappa shape index (κ1) is 35.4. The van der Waals surface area contributed by atoms with Gasteiger partial charge in [0.2, 0.25) is 5.89 Å². The Bertz CT molecular complexity index is 1960. The van der Waals surface area contributed by atoms with Crippen molar-refractivity contribution in [2.24, 2.45) is 0 Å². The van der Waals surface area contributed by atoms with E-state index in [4.69, 9.17) is 9.26 Å². The Kier molecular flexibility index (Phi) is 11.2. The molecule has 0 saturated carbocycles. The first-order valence-electron chi connectivity index (χ1n) is 17.1. The average molecular weight is 695 g/mol. The highest BCUT2D eigenvalue weighted by molar-refractivity contribution is 6.05. The van der Waals surface area contributed by atoms with Gasteiger partial charge in [-0.15, -0.1) is 0 Å². The minimum absolute atomic E-state index is 0.156. The van der Waals surface area contributed by atoms with Crippen molar-refractivity contribution < 1.29 is 23.6 Å². The van der Waals surface area contributed by atoms with Gasteiger partial charge in [-0.05, 0) is 81.1 Å². The van der Waals surface area contributed by atoms with E-state index >= 15 is 4.39 Å². The minimum Gasteiger partial charge on any atom is -0.490 e. The summed E-state index contributed by atoms with van der Waals surface area (Å²) in [6.45, 7) is 11.2. The van der Waals surface area contributed by atoms with Crippen LogP contribution in [0.5, 0.6) is 5.75 Å². The van der Waals surface area contributed by atoms with E-state index in [1.807, 2.05) is 44.2 Å². The van der Waals surface area contributed by atoms with Gasteiger partial charge in [-0.2, -0.15) is 4.98 Å². The Morgan fingerprint density at radius 1 is 1.04 bits per heavy atom.